The first-order chi connectivity index (χ1) is 11.3. The van der Waals surface area contributed by atoms with E-state index in [0.29, 0.717) is 5.69 Å². The number of nitrogens with one attached hydrogen (secondary N) is 3. The van der Waals surface area contributed by atoms with Crippen LogP contribution in [0.3, 0.4) is 0 Å². The van der Waals surface area contributed by atoms with Gasteiger partial charge in [0.2, 0.25) is 5.91 Å². The van der Waals surface area contributed by atoms with Crippen molar-refractivity contribution in [1.82, 2.24) is 15.6 Å². The number of rotatable bonds is 7. The second kappa shape index (κ2) is 7.49. The Balaban J connectivity index is 1.84. The Labute approximate surface area is 141 Å². The van der Waals surface area contributed by atoms with Gasteiger partial charge >= 0.3 is 0 Å². The topological polar surface area (TPSA) is 94.2 Å². The van der Waals surface area contributed by atoms with Crippen LogP contribution in [0.2, 0.25) is 0 Å². The molecule has 0 radical (unpaired) electrons. The van der Waals surface area contributed by atoms with E-state index in [1.54, 1.807) is 13.0 Å². The summed E-state index contributed by atoms with van der Waals surface area (Å²) in [6.07, 6.45) is 0.819. The molecule has 0 fully saturated rings. The van der Waals surface area contributed by atoms with Crippen LogP contribution in [0.4, 0.5) is 0 Å². The molecule has 24 heavy (non-hydrogen) atoms. The van der Waals surface area contributed by atoms with E-state index in [0.717, 1.165) is 17.3 Å². The molecule has 0 aliphatic heterocycles. The first-order valence-corrected chi connectivity index (χ1v) is 8.18. The third-order valence-electron chi connectivity index (χ3n) is 4.50. The van der Waals surface area contributed by atoms with Crippen molar-refractivity contribution >= 4 is 22.7 Å². The minimum atomic E-state index is -0.967. The molecule has 2 amide bonds. The summed E-state index contributed by atoms with van der Waals surface area (Å²) in [6, 6.07) is 9.32. The van der Waals surface area contributed by atoms with Gasteiger partial charge in [-0.3, -0.25) is 9.59 Å². The number of aromatic amines is 1. The SMILES string of the molecule is CCC(C)C(C)(O)CNC(=O)CNC(=O)c1cc2ccccc2[nH]1. The largest absolute Gasteiger partial charge is 0.388 e. The van der Waals surface area contributed by atoms with Gasteiger partial charge in [-0.05, 0) is 25.0 Å². The molecule has 6 nitrogen and oxygen atoms in total. The fourth-order valence-corrected chi connectivity index (χ4v) is 2.41. The molecular weight excluding hydrogens is 306 g/mol. The first kappa shape index (κ1) is 18.0. The van der Waals surface area contributed by atoms with E-state index in [9.17, 15) is 14.7 Å². The summed E-state index contributed by atoms with van der Waals surface area (Å²) in [5.41, 5.74) is 0.318. The van der Waals surface area contributed by atoms with E-state index in [4.69, 9.17) is 0 Å². The molecule has 1 aromatic heterocycles. The molecule has 2 atom stereocenters. The van der Waals surface area contributed by atoms with Crippen LogP contribution in [-0.4, -0.2) is 40.6 Å². The summed E-state index contributed by atoms with van der Waals surface area (Å²) in [7, 11) is 0. The Morgan fingerprint density at radius 2 is 2.00 bits per heavy atom. The lowest BCUT2D eigenvalue weighted by molar-refractivity contribution is -0.121. The maximum atomic E-state index is 12.1. The quantitative estimate of drug-likeness (QED) is 0.623. The van der Waals surface area contributed by atoms with Crippen molar-refractivity contribution in [3.63, 3.8) is 0 Å². The number of benzene rings is 1. The van der Waals surface area contributed by atoms with Gasteiger partial charge in [-0.25, -0.2) is 0 Å². The third-order valence-corrected chi connectivity index (χ3v) is 4.50. The van der Waals surface area contributed by atoms with Gasteiger partial charge in [-0.1, -0.05) is 38.5 Å². The zero-order chi connectivity index (χ0) is 17.7. The smallest absolute Gasteiger partial charge is 0.268 e. The zero-order valence-electron chi connectivity index (χ0n) is 14.3. The van der Waals surface area contributed by atoms with Gasteiger partial charge in [-0.2, -0.15) is 0 Å². The molecule has 0 saturated carbocycles. The molecule has 2 unspecified atom stereocenters. The second-order valence-corrected chi connectivity index (χ2v) is 6.40. The lowest BCUT2D eigenvalue weighted by Gasteiger charge is -2.29. The number of aliphatic hydroxyl groups is 1. The van der Waals surface area contributed by atoms with E-state index in [-0.39, 0.29) is 30.8 Å². The fraction of sp³-hybridized carbons (Fsp3) is 0.444. The van der Waals surface area contributed by atoms with E-state index in [2.05, 4.69) is 15.6 Å². The highest BCUT2D eigenvalue weighted by Crippen LogP contribution is 2.18. The van der Waals surface area contributed by atoms with Crippen LogP contribution >= 0.6 is 0 Å². The number of fused-ring (bicyclic) bond motifs is 1. The molecule has 2 aromatic rings. The monoisotopic (exact) mass is 331 g/mol. The highest BCUT2D eigenvalue weighted by Gasteiger charge is 2.27. The summed E-state index contributed by atoms with van der Waals surface area (Å²) in [5, 5.41) is 16.4. The van der Waals surface area contributed by atoms with Crippen LogP contribution in [0.1, 0.15) is 37.7 Å². The van der Waals surface area contributed by atoms with Crippen molar-refractivity contribution in [2.45, 2.75) is 32.8 Å². The summed E-state index contributed by atoms with van der Waals surface area (Å²) in [4.78, 5) is 27.0. The lowest BCUT2D eigenvalue weighted by atomic mass is 9.89. The molecule has 130 valence electrons. The van der Waals surface area contributed by atoms with Crippen LogP contribution in [0.15, 0.2) is 30.3 Å². The average Bonchev–Trinajstić information content (AvgIpc) is 3.01. The van der Waals surface area contributed by atoms with Crippen molar-refractivity contribution in [3.05, 3.63) is 36.0 Å². The molecule has 2 rings (SSSR count). The molecule has 1 aromatic carbocycles. The molecule has 0 aliphatic rings. The van der Waals surface area contributed by atoms with Crippen LogP contribution in [0.5, 0.6) is 0 Å². The molecule has 6 heteroatoms. The average molecular weight is 331 g/mol. The van der Waals surface area contributed by atoms with Gasteiger partial charge in [0.05, 0.1) is 12.1 Å². The maximum Gasteiger partial charge on any atom is 0.268 e. The number of carbonyl (C=O) groups is 2. The number of para-hydroxylation sites is 1. The maximum absolute atomic E-state index is 12.1. The Morgan fingerprint density at radius 1 is 1.29 bits per heavy atom. The number of hydrogen-bond acceptors (Lipinski definition) is 3. The number of H-pyrrole nitrogens is 1. The predicted octanol–water partition coefficient (Wildman–Crippen LogP) is 1.81. The van der Waals surface area contributed by atoms with E-state index >= 15 is 0 Å². The number of hydrogen-bond donors (Lipinski definition) is 4. The van der Waals surface area contributed by atoms with Gasteiger partial charge in [0.15, 0.2) is 0 Å². The molecule has 1 heterocycles. The van der Waals surface area contributed by atoms with Gasteiger partial charge in [0.25, 0.3) is 5.91 Å². The molecular formula is C18H25N3O3. The zero-order valence-corrected chi connectivity index (χ0v) is 14.3. The van der Waals surface area contributed by atoms with E-state index in [1.807, 2.05) is 38.1 Å². The van der Waals surface area contributed by atoms with Crippen LogP contribution in [0, 0.1) is 5.92 Å². The van der Waals surface area contributed by atoms with Crippen molar-refractivity contribution in [3.8, 4) is 0 Å². The van der Waals surface area contributed by atoms with Gasteiger partial charge in [-0.15, -0.1) is 0 Å². The van der Waals surface area contributed by atoms with Gasteiger partial charge in [0.1, 0.15) is 5.69 Å². The Bertz CT molecular complexity index is 688. The van der Waals surface area contributed by atoms with Gasteiger partial charge < -0.3 is 20.7 Å². The predicted molar refractivity (Wildman–Crippen MR) is 93.7 cm³/mol. The highest BCUT2D eigenvalue weighted by molar-refractivity contribution is 5.99. The van der Waals surface area contributed by atoms with E-state index in [1.165, 1.54) is 0 Å². The molecule has 0 bridgehead atoms. The van der Waals surface area contributed by atoms with Crippen molar-refractivity contribution in [2.24, 2.45) is 5.92 Å². The lowest BCUT2D eigenvalue weighted by Crippen LogP contribution is -2.47. The fourth-order valence-electron chi connectivity index (χ4n) is 2.41. The number of amides is 2. The van der Waals surface area contributed by atoms with Gasteiger partial charge in [0, 0.05) is 17.4 Å². The van der Waals surface area contributed by atoms with Crippen LogP contribution < -0.4 is 10.6 Å². The van der Waals surface area contributed by atoms with Crippen molar-refractivity contribution in [2.75, 3.05) is 13.1 Å². The molecule has 0 spiro atoms. The minimum absolute atomic E-state index is 0.0683. The first-order valence-electron chi connectivity index (χ1n) is 8.18. The third kappa shape index (κ3) is 4.35. The number of aromatic nitrogens is 1. The Hall–Kier alpha value is -2.34. The summed E-state index contributed by atoms with van der Waals surface area (Å²) in [6.45, 7) is 5.64. The van der Waals surface area contributed by atoms with Crippen molar-refractivity contribution < 1.29 is 14.7 Å². The number of carbonyl (C=O) groups excluding carboxylic acids is 2. The molecule has 0 saturated heterocycles. The summed E-state index contributed by atoms with van der Waals surface area (Å²) in [5.74, 6) is -0.600. The second-order valence-electron chi connectivity index (χ2n) is 6.40. The molecule has 0 aliphatic carbocycles. The summed E-state index contributed by atoms with van der Waals surface area (Å²) < 4.78 is 0. The van der Waals surface area contributed by atoms with Crippen LogP contribution in [-0.2, 0) is 4.79 Å². The Morgan fingerprint density at radius 3 is 2.67 bits per heavy atom. The van der Waals surface area contributed by atoms with E-state index < -0.39 is 5.60 Å². The standard InChI is InChI=1S/C18H25N3O3/c1-4-12(2)18(3,24)11-20-16(22)10-19-17(23)15-9-13-7-5-6-8-14(13)21-15/h5-9,12,21,24H,4,10-11H2,1-3H3,(H,19,23)(H,20,22). The normalized spacial score (nSPS) is 14.8. The molecule has 4 N–H and O–H groups in total. The summed E-state index contributed by atoms with van der Waals surface area (Å²) >= 11 is 0. The highest BCUT2D eigenvalue weighted by atomic mass is 16.3. The Kier molecular flexibility index (Phi) is 5.62. The van der Waals surface area contributed by atoms with Crippen molar-refractivity contribution in [1.29, 1.82) is 0 Å². The van der Waals surface area contributed by atoms with Crippen LogP contribution in [0.25, 0.3) is 10.9 Å². The minimum Gasteiger partial charge on any atom is -0.388 e.